The highest BCUT2D eigenvalue weighted by Gasteiger charge is 2.34. The van der Waals surface area contributed by atoms with E-state index in [0.29, 0.717) is 13.0 Å². The molecule has 0 radical (unpaired) electrons. The maximum atomic E-state index is 12.7. The molecule has 3 nitrogen and oxygen atoms in total. The van der Waals surface area contributed by atoms with Gasteiger partial charge in [-0.15, -0.1) is 0 Å². The van der Waals surface area contributed by atoms with Crippen LogP contribution in [0.4, 0.5) is 10.1 Å². The Balaban J connectivity index is 2.08. The molecule has 1 aliphatic rings. The minimum absolute atomic E-state index is 0.459. The Morgan fingerprint density at radius 1 is 1.44 bits per heavy atom. The Hall–Kier alpha value is -1.29. The van der Waals surface area contributed by atoms with Crippen LogP contribution in [0.15, 0.2) is 24.3 Å². The van der Waals surface area contributed by atoms with Crippen molar-refractivity contribution in [2.45, 2.75) is 12.0 Å². The molecule has 2 N–H and O–H groups in total. The molecule has 2 rings (SSSR count). The minimum Gasteiger partial charge on any atom is -0.497 e. The van der Waals surface area contributed by atoms with Crippen LogP contribution in [0.25, 0.3) is 0 Å². The summed E-state index contributed by atoms with van der Waals surface area (Å²) in [7, 11) is 1.64. The average molecular weight is 224 g/mol. The Morgan fingerprint density at radius 2 is 2.12 bits per heavy atom. The summed E-state index contributed by atoms with van der Waals surface area (Å²) >= 11 is 0. The van der Waals surface area contributed by atoms with Crippen LogP contribution in [0.3, 0.4) is 0 Å². The monoisotopic (exact) mass is 224 g/mol. The summed E-state index contributed by atoms with van der Waals surface area (Å²) in [6, 6.07) is 7.76. The molecule has 88 valence electrons. The highest BCUT2D eigenvalue weighted by molar-refractivity contribution is 5.50. The molecule has 0 aliphatic carbocycles. The van der Waals surface area contributed by atoms with Crippen LogP contribution in [0.5, 0.6) is 5.75 Å². The molecule has 0 amide bonds. The molecule has 0 bridgehead atoms. The van der Waals surface area contributed by atoms with E-state index in [-0.39, 0.29) is 0 Å². The zero-order chi connectivity index (χ0) is 11.6. The summed E-state index contributed by atoms with van der Waals surface area (Å²) in [5.41, 5.74) is 6.30. The molecule has 1 aromatic carbocycles. The number of ether oxygens (including phenoxy) is 1. The Morgan fingerprint density at radius 3 is 2.62 bits per heavy atom. The van der Waals surface area contributed by atoms with E-state index in [0.717, 1.165) is 18.0 Å². The van der Waals surface area contributed by atoms with Gasteiger partial charge in [0.15, 0.2) is 0 Å². The van der Waals surface area contributed by atoms with Gasteiger partial charge in [-0.25, -0.2) is 4.39 Å². The fourth-order valence-corrected chi connectivity index (χ4v) is 2.02. The molecular formula is C12H17FN2O. The topological polar surface area (TPSA) is 38.5 Å². The van der Waals surface area contributed by atoms with E-state index < -0.39 is 12.2 Å². The number of rotatable bonds is 3. The van der Waals surface area contributed by atoms with Crippen molar-refractivity contribution in [2.24, 2.45) is 5.73 Å². The Kier molecular flexibility index (Phi) is 3.01. The maximum Gasteiger partial charge on any atom is 0.119 e. The number of hydrogen-bond acceptors (Lipinski definition) is 3. The van der Waals surface area contributed by atoms with Crippen LogP contribution >= 0.6 is 0 Å². The SMILES string of the molecule is COc1ccc(N2CCC(N)(CF)C2)cc1. The highest BCUT2D eigenvalue weighted by Crippen LogP contribution is 2.26. The lowest BCUT2D eigenvalue weighted by Crippen LogP contribution is -2.44. The third-order valence-corrected chi connectivity index (χ3v) is 3.09. The number of nitrogens with zero attached hydrogens (tertiary/aromatic N) is 1. The molecule has 1 heterocycles. The van der Waals surface area contributed by atoms with Gasteiger partial charge in [-0.2, -0.15) is 0 Å². The standard InChI is InChI=1S/C12H17FN2O/c1-16-11-4-2-10(3-5-11)15-7-6-12(14,8-13)9-15/h2-5H,6-9,14H2,1H3. The van der Waals surface area contributed by atoms with Crippen LogP contribution in [-0.4, -0.2) is 32.4 Å². The number of hydrogen-bond donors (Lipinski definition) is 1. The van der Waals surface area contributed by atoms with Gasteiger partial charge in [0, 0.05) is 18.8 Å². The van der Waals surface area contributed by atoms with Gasteiger partial charge >= 0.3 is 0 Å². The Labute approximate surface area is 95.0 Å². The molecule has 1 aliphatic heterocycles. The lowest BCUT2D eigenvalue weighted by molar-refractivity contribution is 0.330. The van der Waals surface area contributed by atoms with Crippen LogP contribution in [0.1, 0.15) is 6.42 Å². The number of benzene rings is 1. The first kappa shape index (κ1) is 11.2. The van der Waals surface area contributed by atoms with Crippen LogP contribution in [0, 0.1) is 0 Å². The lowest BCUT2D eigenvalue weighted by Gasteiger charge is -2.22. The maximum absolute atomic E-state index is 12.7. The summed E-state index contributed by atoms with van der Waals surface area (Å²) in [5, 5.41) is 0. The molecular weight excluding hydrogens is 207 g/mol. The van der Waals surface area contributed by atoms with Gasteiger partial charge in [0.1, 0.15) is 12.4 Å². The van der Waals surface area contributed by atoms with Crippen molar-refractivity contribution in [1.82, 2.24) is 0 Å². The van der Waals surface area contributed by atoms with Crippen LogP contribution in [-0.2, 0) is 0 Å². The molecule has 0 aromatic heterocycles. The predicted octanol–water partition coefficient (Wildman–Crippen LogP) is 1.57. The molecule has 1 unspecified atom stereocenters. The number of alkyl halides is 1. The molecule has 1 fully saturated rings. The van der Waals surface area contributed by atoms with E-state index in [4.69, 9.17) is 10.5 Å². The fourth-order valence-electron chi connectivity index (χ4n) is 2.02. The normalized spacial score (nSPS) is 24.8. The van der Waals surface area contributed by atoms with Gasteiger partial charge < -0.3 is 15.4 Å². The van der Waals surface area contributed by atoms with Crippen LogP contribution in [0.2, 0.25) is 0 Å². The van der Waals surface area contributed by atoms with Crippen molar-refractivity contribution in [1.29, 1.82) is 0 Å². The van der Waals surface area contributed by atoms with Crippen molar-refractivity contribution in [2.75, 3.05) is 31.8 Å². The van der Waals surface area contributed by atoms with E-state index >= 15 is 0 Å². The molecule has 1 saturated heterocycles. The first-order chi connectivity index (χ1) is 7.67. The molecule has 4 heteroatoms. The third-order valence-electron chi connectivity index (χ3n) is 3.09. The quantitative estimate of drug-likeness (QED) is 0.847. The Bertz CT molecular complexity index is 355. The second-order valence-corrected chi connectivity index (χ2v) is 4.37. The summed E-state index contributed by atoms with van der Waals surface area (Å²) in [6.45, 7) is 0.933. The zero-order valence-electron chi connectivity index (χ0n) is 9.45. The molecule has 0 spiro atoms. The lowest BCUT2D eigenvalue weighted by atomic mass is 10.0. The number of anilines is 1. The van der Waals surface area contributed by atoms with Gasteiger partial charge in [-0.1, -0.05) is 0 Å². The van der Waals surface area contributed by atoms with Gasteiger partial charge in [-0.05, 0) is 30.7 Å². The predicted molar refractivity (Wildman–Crippen MR) is 62.7 cm³/mol. The summed E-state index contributed by atoms with van der Waals surface area (Å²) in [4.78, 5) is 2.11. The van der Waals surface area contributed by atoms with Crippen molar-refractivity contribution in [3.05, 3.63) is 24.3 Å². The number of halogens is 1. The molecule has 1 atom stereocenters. The summed E-state index contributed by atoms with van der Waals surface area (Å²) < 4.78 is 17.8. The van der Waals surface area contributed by atoms with Gasteiger partial charge in [0.05, 0.1) is 12.6 Å². The molecule has 0 saturated carbocycles. The van der Waals surface area contributed by atoms with Crippen molar-refractivity contribution >= 4 is 5.69 Å². The smallest absolute Gasteiger partial charge is 0.119 e. The van der Waals surface area contributed by atoms with Crippen molar-refractivity contribution in [3.8, 4) is 5.75 Å². The van der Waals surface area contributed by atoms with Gasteiger partial charge in [-0.3, -0.25) is 0 Å². The van der Waals surface area contributed by atoms with E-state index in [1.807, 2.05) is 24.3 Å². The van der Waals surface area contributed by atoms with Crippen molar-refractivity contribution in [3.63, 3.8) is 0 Å². The molecule has 1 aromatic rings. The van der Waals surface area contributed by atoms with Gasteiger partial charge in [0.2, 0.25) is 0 Å². The van der Waals surface area contributed by atoms with E-state index in [9.17, 15) is 4.39 Å². The first-order valence-corrected chi connectivity index (χ1v) is 5.41. The van der Waals surface area contributed by atoms with Gasteiger partial charge in [0.25, 0.3) is 0 Å². The second-order valence-electron chi connectivity index (χ2n) is 4.37. The summed E-state index contributed by atoms with van der Waals surface area (Å²) in [6.07, 6.45) is 0.704. The van der Waals surface area contributed by atoms with Crippen LogP contribution < -0.4 is 15.4 Å². The molecule has 16 heavy (non-hydrogen) atoms. The number of methoxy groups -OCH3 is 1. The zero-order valence-corrected chi connectivity index (χ0v) is 9.45. The third kappa shape index (κ3) is 2.11. The number of nitrogens with two attached hydrogens (primary N) is 1. The first-order valence-electron chi connectivity index (χ1n) is 5.41. The van der Waals surface area contributed by atoms with E-state index in [1.54, 1.807) is 7.11 Å². The van der Waals surface area contributed by atoms with Crippen molar-refractivity contribution < 1.29 is 9.13 Å². The summed E-state index contributed by atoms with van der Waals surface area (Å²) in [5.74, 6) is 0.826. The average Bonchev–Trinajstić information content (AvgIpc) is 2.73. The highest BCUT2D eigenvalue weighted by atomic mass is 19.1. The fraction of sp³-hybridized carbons (Fsp3) is 0.500. The van der Waals surface area contributed by atoms with E-state index in [1.165, 1.54) is 0 Å². The van der Waals surface area contributed by atoms with E-state index in [2.05, 4.69) is 4.90 Å². The largest absolute Gasteiger partial charge is 0.497 e. The minimum atomic E-state index is -0.667. The second kappa shape index (κ2) is 4.29.